The minimum atomic E-state index is -1.51. The zero-order valence-corrected chi connectivity index (χ0v) is 19.6. The fourth-order valence-electron chi connectivity index (χ4n) is 3.87. The van der Waals surface area contributed by atoms with Gasteiger partial charge in [0.1, 0.15) is 23.9 Å². The smallest absolute Gasteiger partial charge is 0.326 e. The van der Waals surface area contributed by atoms with E-state index in [1.807, 2.05) is 0 Å². The molecule has 7 N–H and O–H groups in total. The number of amides is 3. The largest absolute Gasteiger partial charge is 0.508 e. The lowest BCUT2D eigenvalue weighted by atomic mass is 10.0. The van der Waals surface area contributed by atoms with Crippen LogP contribution in [-0.4, -0.2) is 80.6 Å². The van der Waals surface area contributed by atoms with Gasteiger partial charge >= 0.3 is 11.9 Å². The summed E-state index contributed by atoms with van der Waals surface area (Å²) in [5, 5.41) is 32.8. The van der Waals surface area contributed by atoms with Crippen LogP contribution >= 0.6 is 0 Å². The molecule has 0 aliphatic carbocycles. The number of carbonyl (C=O) groups excluding carboxylic acids is 3. The summed E-state index contributed by atoms with van der Waals surface area (Å²) in [4.78, 5) is 62.6. The van der Waals surface area contributed by atoms with Gasteiger partial charge in [-0.3, -0.25) is 19.2 Å². The molecule has 1 aliphatic heterocycles. The minimum absolute atomic E-state index is 0.0443. The molecule has 0 bridgehead atoms. The number of phenols is 1. The average Bonchev–Trinajstić information content (AvgIpc) is 3.27. The molecule has 12 heteroatoms. The fourth-order valence-corrected chi connectivity index (χ4v) is 3.87. The molecule has 12 nitrogen and oxygen atoms in total. The summed E-state index contributed by atoms with van der Waals surface area (Å²) >= 11 is 0. The van der Waals surface area contributed by atoms with Crippen LogP contribution in [0.1, 0.15) is 38.7 Å². The van der Waals surface area contributed by atoms with Crippen molar-refractivity contribution in [3.63, 3.8) is 0 Å². The second-order valence-electron chi connectivity index (χ2n) is 8.89. The average molecular weight is 493 g/mol. The Kier molecular flexibility index (Phi) is 9.58. The third-order valence-corrected chi connectivity index (χ3v) is 5.79. The summed E-state index contributed by atoms with van der Waals surface area (Å²) < 4.78 is 0. The van der Waals surface area contributed by atoms with E-state index in [9.17, 15) is 39.3 Å². The standard InChI is InChI=1S/C23H32N4O8/c1-12(2)19(22(33)27-9-3-4-17(27)23(34)35)26-21(32)16(11-18(29)30)25-20(31)15(24)10-13-5-7-14(28)8-6-13/h5-8,12,15-17,19,28H,3-4,9-11,24H2,1-2H3,(H,25,31)(H,26,32)(H,29,30)(H,34,35). The third kappa shape index (κ3) is 7.67. The molecule has 1 aromatic carbocycles. The summed E-state index contributed by atoms with van der Waals surface area (Å²) in [6.45, 7) is 3.55. The first kappa shape index (κ1) is 27.6. The Morgan fingerprint density at radius 3 is 2.23 bits per heavy atom. The van der Waals surface area contributed by atoms with Crippen molar-refractivity contribution in [2.45, 2.75) is 63.7 Å². The number of hydrogen-bond donors (Lipinski definition) is 6. The first-order valence-corrected chi connectivity index (χ1v) is 11.3. The zero-order valence-electron chi connectivity index (χ0n) is 19.6. The van der Waals surface area contributed by atoms with Crippen molar-refractivity contribution in [2.24, 2.45) is 11.7 Å². The monoisotopic (exact) mass is 492 g/mol. The molecule has 1 heterocycles. The molecule has 1 aliphatic rings. The number of nitrogens with zero attached hydrogens (tertiary/aromatic N) is 1. The predicted octanol–water partition coefficient (Wildman–Crippen LogP) is -0.562. The second kappa shape index (κ2) is 12.2. The first-order chi connectivity index (χ1) is 16.4. The molecule has 192 valence electrons. The molecule has 1 aromatic rings. The number of carboxylic acids is 2. The van der Waals surface area contributed by atoms with Crippen molar-refractivity contribution >= 4 is 29.7 Å². The number of aromatic hydroxyl groups is 1. The Hall–Kier alpha value is -3.67. The van der Waals surface area contributed by atoms with Gasteiger partial charge in [0.05, 0.1) is 12.5 Å². The van der Waals surface area contributed by atoms with Gasteiger partial charge in [0.15, 0.2) is 0 Å². The van der Waals surface area contributed by atoms with E-state index >= 15 is 0 Å². The van der Waals surface area contributed by atoms with Crippen molar-refractivity contribution in [2.75, 3.05) is 6.54 Å². The van der Waals surface area contributed by atoms with Gasteiger partial charge in [-0.05, 0) is 42.9 Å². The summed E-state index contributed by atoms with van der Waals surface area (Å²) in [6, 6.07) is 1.30. The van der Waals surface area contributed by atoms with E-state index in [1.54, 1.807) is 26.0 Å². The molecular formula is C23H32N4O8. The van der Waals surface area contributed by atoms with E-state index in [1.165, 1.54) is 17.0 Å². The summed E-state index contributed by atoms with van der Waals surface area (Å²) in [5.41, 5.74) is 6.57. The number of benzene rings is 1. The van der Waals surface area contributed by atoms with Gasteiger partial charge in [0.25, 0.3) is 0 Å². The van der Waals surface area contributed by atoms with Crippen LogP contribution in [0.25, 0.3) is 0 Å². The number of rotatable bonds is 11. The normalized spacial score (nSPS) is 17.9. The molecule has 0 saturated carbocycles. The van der Waals surface area contributed by atoms with E-state index in [0.717, 1.165) is 0 Å². The SMILES string of the molecule is CC(C)C(NC(=O)C(CC(=O)O)NC(=O)C(N)Cc1ccc(O)cc1)C(=O)N1CCCC1C(=O)O. The third-order valence-electron chi connectivity index (χ3n) is 5.79. The van der Waals surface area contributed by atoms with Gasteiger partial charge < -0.3 is 36.6 Å². The lowest BCUT2D eigenvalue weighted by Crippen LogP contribution is -2.59. The zero-order chi connectivity index (χ0) is 26.3. The number of carbonyl (C=O) groups is 5. The number of carboxylic acid groups (broad SMARTS) is 2. The Morgan fingerprint density at radius 2 is 1.69 bits per heavy atom. The van der Waals surface area contributed by atoms with Gasteiger partial charge in [0, 0.05) is 6.54 Å². The highest BCUT2D eigenvalue weighted by molar-refractivity contribution is 5.96. The van der Waals surface area contributed by atoms with Crippen molar-refractivity contribution in [1.29, 1.82) is 0 Å². The van der Waals surface area contributed by atoms with Crippen molar-refractivity contribution in [3.05, 3.63) is 29.8 Å². The number of phenolic OH excluding ortho intramolecular Hbond substituents is 1. The Morgan fingerprint density at radius 1 is 1.06 bits per heavy atom. The molecule has 1 fully saturated rings. The lowest BCUT2D eigenvalue weighted by Gasteiger charge is -2.30. The molecule has 4 unspecified atom stereocenters. The van der Waals surface area contributed by atoms with Crippen LogP contribution in [0, 0.1) is 5.92 Å². The number of aliphatic carboxylic acids is 2. The maximum absolute atomic E-state index is 13.0. The fraction of sp³-hybridized carbons (Fsp3) is 0.522. The van der Waals surface area contributed by atoms with E-state index in [0.29, 0.717) is 18.4 Å². The van der Waals surface area contributed by atoms with Crippen molar-refractivity contribution < 1.29 is 39.3 Å². The quantitative estimate of drug-likeness (QED) is 0.234. The minimum Gasteiger partial charge on any atom is -0.508 e. The molecule has 1 saturated heterocycles. The molecule has 3 amide bonds. The topological polar surface area (TPSA) is 199 Å². The van der Waals surface area contributed by atoms with E-state index in [2.05, 4.69) is 10.6 Å². The second-order valence-corrected chi connectivity index (χ2v) is 8.89. The summed E-state index contributed by atoms with van der Waals surface area (Å²) in [6.07, 6.45) is 0.144. The maximum Gasteiger partial charge on any atom is 0.326 e. The number of likely N-dealkylation sites (tertiary alicyclic amines) is 1. The summed E-state index contributed by atoms with van der Waals surface area (Å²) in [7, 11) is 0. The molecule has 0 aromatic heterocycles. The van der Waals surface area contributed by atoms with E-state index < -0.39 is 66.2 Å². The van der Waals surface area contributed by atoms with Gasteiger partial charge in [-0.2, -0.15) is 0 Å². The summed E-state index contributed by atoms with van der Waals surface area (Å²) in [5.74, 6) is -5.11. The van der Waals surface area contributed by atoms with Crippen molar-refractivity contribution in [1.82, 2.24) is 15.5 Å². The first-order valence-electron chi connectivity index (χ1n) is 11.3. The van der Waals surface area contributed by atoms with Gasteiger partial charge in [-0.15, -0.1) is 0 Å². The van der Waals surface area contributed by atoms with Gasteiger partial charge in [0.2, 0.25) is 17.7 Å². The predicted molar refractivity (Wildman–Crippen MR) is 123 cm³/mol. The highest BCUT2D eigenvalue weighted by Gasteiger charge is 2.39. The Labute approximate surface area is 202 Å². The van der Waals surface area contributed by atoms with Crippen LogP contribution in [0.5, 0.6) is 5.75 Å². The van der Waals surface area contributed by atoms with E-state index in [4.69, 9.17) is 5.73 Å². The van der Waals surface area contributed by atoms with Crippen LogP contribution in [-0.2, 0) is 30.4 Å². The lowest BCUT2D eigenvalue weighted by molar-refractivity contribution is -0.150. The Balaban J connectivity index is 2.11. The molecule has 4 atom stereocenters. The highest BCUT2D eigenvalue weighted by atomic mass is 16.4. The van der Waals surface area contributed by atoms with Gasteiger partial charge in [-0.25, -0.2) is 4.79 Å². The van der Waals surface area contributed by atoms with Crippen LogP contribution in [0.2, 0.25) is 0 Å². The van der Waals surface area contributed by atoms with E-state index in [-0.39, 0.29) is 18.7 Å². The molecule has 0 radical (unpaired) electrons. The molecule has 35 heavy (non-hydrogen) atoms. The van der Waals surface area contributed by atoms with Gasteiger partial charge in [-0.1, -0.05) is 26.0 Å². The van der Waals surface area contributed by atoms with Crippen LogP contribution < -0.4 is 16.4 Å². The highest BCUT2D eigenvalue weighted by Crippen LogP contribution is 2.20. The molecular weight excluding hydrogens is 460 g/mol. The molecule has 2 rings (SSSR count). The molecule has 0 spiro atoms. The Bertz CT molecular complexity index is 949. The van der Waals surface area contributed by atoms with Crippen LogP contribution in [0.4, 0.5) is 0 Å². The number of hydrogen-bond acceptors (Lipinski definition) is 7. The number of nitrogens with two attached hydrogens (primary N) is 1. The maximum atomic E-state index is 13.0. The van der Waals surface area contributed by atoms with Crippen molar-refractivity contribution in [3.8, 4) is 5.75 Å². The van der Waals surface area contributed by atoms with Crippen LogP contribution in [0.15, 0.2) is 24.3 Å². The number of nitrogens with one attached hydrogen (secondary N) is 2. The van der Waals surface area contributed by atoms with Crippen LogP contribution in [0.3, 0.4) is 0 Å².